The normalized spacial score (nSPS) is 17.6. The van der Waals surface area contributed by atoms with Crippen LogP contribution in [0.4, 0.5) is 69.3 Å². The molecule has 0 unspecified atom stereocenters. The van der Waals surface area contributed by atoms with E-state index in [1.54, 1.807) is 12.4 Å². The summed E-state index contributed by atoms with van der Waals surface area (Å²) in [5.74, 6) is 4.89. The highest BCUT2D eigenvalue weighted by atomic mass is 79.9. The lowest BCUT2D eigenvalue weighted by Crippen LogP contribution is -2.43. The van der Waals surface area contributed by atoms with Gasteiger partial charge in [0.25, 0.3) is 0 Å². The Balaban J connectivity index is 0.000000135. The summed E-state index contributed by atoms with van der Waals surface area (Å²) in [4.78, 5) is 48.7. The predicted molar refractivity (Wildman–Crippen MR) is 414 cm³/mol. The third-order valence-corrected chi connectivity index (χ3v) is 21.9. The van der Waals surface area contributed by atoms with Crippen molar-refractivity contribution in [2.75, 3.05) is 125 Å². The second-order valence-corrected chi connectivity index (χ2v) is 30.0. The quantitative estimate of drug-likeness (QED) is 0.0480. The monoisotopic (exact) mass is 1600 g/mol. The molecule has 0 spiro atoms. The van der Waals surface area contributed by atoms with Crippen LogP contribution in [0.5, 0.6) is 0 Å². The van der Waals surface area contributed by atoms with Crippen LogP contribution in [0.15, 0.2) is 115 Å². The van der Waals surface area contributed by atoms with Crippen LogP contribution in [0.2, 0.25) is 10.6 Å². The Morgan fingerprint density at radius 3 is 1.18 bits per heavy atom. The van der Waals surface area contributed by atoms with Gasteiger partial charge in [0, 0.05) is 157 Å². The maximum atomic E-state index is 5.80. The van der Waals surface area contributed by atoms with Crippen molar-refractivity contribution in [3.8, 4) is 0 Å². The molecule has 3 aliphatic heterocycles. The van der Waals surface area contributed by atoms with Crippen molar-refractivity contribution in [1.29, 1.82) is 0 Å². The molecule has 7 heterocycles. The van der Waals surface area contributed by atoms with E-state index in [0.29, 0.717) is 41.3 Å². The zero-order valence-corrected chi connectivity index (χ0v) is 63.7. The second-order valence-electron chi connectivity index (χ2n) is 25.9. The average molecular weight is 1610 g/mol. The van der Waals surface area contributed by atoms with Gasteiger partial charge in [-0.1, -0.05) is 51.4 Å². The maximum absolute atomic E-state index is 5.80. The molecule has 0 radical (unpaired) electrons. The average Bonchev–Trinajstić information content (AvgIpc) is 1.45. The Morgan fingerprint density at radius 1 is 0.417 bits per heavy atom. The Morgan fingerprint density at radius 2 is 0.760 bits per heavy atom. The largest absolute Gasteiger partial charge is 0.399 e. The fourth-order valence-electron chi connectivity index (χ4n) is 13.7. The van der Waals surface area contributed by atoms with Crippen molar-refractivity contribution in [3.05, 3.63) is 126 Å². The molecule has 3 saturated heterocycles. The van der Waals surface area contributed by atoms with E-state index < -0.39 is 0 Å². The number of benzene rings is 3. The lowest BCUT2D eigenvalue weighted by Gasteiger charge is -2.29. The molecule has 4 aromatic heterocycles. The highest BCUT2D eigenvalue weighted by Crippen LogP contribution is 2.36. The van der Waals surface area contributed by atoms with Gasteiger partial charge in [0.05, 0.1) is 17.9 Å². The second kappa shape index (κ2) is 37.6. The summed E-state index contributed by atoms with van der Waals surface area (Å²) in [5.41, 5.74) is 12.4. The number of nitrogen functional groups attached to an aromatic ring is 1. The van der Waals surface area contributed by atoms with E-state index in [2.05, 4.69) is 226 Å². The van der Waals surface area contributed by atoms with Crippen LogP contribution >= 0.6 is 86.9 Å². The summed E-state index contributed by atoms with van der Waals surface area (Å²) in [5, 5.41) is 14.1. The Labute approximate surface area is 612 Å². The van der Waals surface area contributed by atoms with E-state index in [1.165, 1.54) is 184 Å². The third-order valence-electron chi connectivity index (χ3n) is 19.2. The smallest absolute Gasteiger partial charge is 0.229 e. The first-order valence-corrected chi connectivity index (χ1v) is 38.6. The van der Waals surface area contributed by atoms with Gasteiger partial charge in [0.15, 0.2) is 0 Å². The Kier molecular flexibility index (Phi) is 28.6. The van der Waals surface area contributed by atoms with Crippen LogP contribution in [0.25, 0.3) is 0 Å². The van der Waals surface area contributed by atoms with Gasteiger partial charge in [-0.25, -0.2) is 19.9 Å². The standard InChI is InChI=1S/C21H28BrN5.C20H27BrN6.C11H16N2.C10H13BrClN3.C9H11BrClN3/c1-26(17-7-3-4-8-17)20-19(22)15-23-21(25-20)24-16-9-11-18(12-10-16)27-13-5-2-6-14-27;1-26(16-4-2-3-5-16)19-18(21)14-23-20(25-19)24-15-6-8-17(9-7-15)27-12-10-22-11-13-27;12-10-4-6-11(7-5-10)13-8-2-1-3-9-13;1-15(7-4-2-3-5-7)9-8(11)6-13-10(12)14-9;10-7-5-12-9(11)14-8(7)13-6-3-1-2-4-6/h9-12,15,17H,2-8,13-14H2,1H3,(H,23,24,25);6-9,14,16,22H,2-5,10-13H2,1H3,(H,23,24,25);4-7H,1-3,8-9,12H2;6-7H,2-5H2,1H3;5-6H,1-4H2,(H,12,13,14). The minimum atomic E-state index is 0.286. The van der Waals surface area contributed by atoms with Gasteiger partial charge < -0.3 is 56.4 Å². The number of hydrogen-bond acceptors (Lipinski definition) is 19. The number of piperazine rings is 1. The summed E-state index contributed by atoms with van der Waals surface area (Å²) in [7, 11) is 6.34. The highest BCUT2D eigenvalue weighted by Gasteiger charge is 2.26. The van der Waals surface area contributed by atoms with Crippen LogP contribution in [0.3, 0.4) is 0 Å². The van der Waals surface area contributed by atoms with Gasteiger partial charge in [0.1, 0.15) is 23.3 Å². The molecule has 25 heteroatoms. The molecule has 7 aromatic rings. The molecule has 14 rings (SSSR count). The van der Waals surface area contributed by atoms with Crippen LogP contribution in [0, 0.1) is 0 Å². The number of nitrogens with one attached hydrogen (secondary N) is 4. The molecule has 4 saturated carbocycles. The van der Waals surface area contributed by atoms with Gasteiger partial charge in [-0.2, -0.15) is 19.9 Å². The van der Waals surface area contributed by atoms with Gasteiger partial charge in [-0.3, -0.25) is 0 Å². The van der Waals surface area contributed by atoms with Crippen molar-refractivity contribution >= 4 is 156 Å². The summed E-state index contributed by atoms with van der Waals surface area (Å²) in [6.07, 6.45) is 35.4. The lowest BCUT2D eigenvalue weighted by molar-refractivity contribution is 0.578. The van der Waals surface area contributed by atoms with Crippen LogP contribution in [0.1, 0.15) is 141 Å². The summed E-state index contributed by atoms with van der Waals surface area (Å²) >= 11 is 25.6. The van der Waals surface area contributed by atoms with E-state index in [1.807, 2.05) is 24.5 Å². The SMILES string of the molecule is CN(c1nc(Cl)ncc1Br)C1CCCC1.CN(c1nc(Nc2ccc(N3CCCCC3)cc2)ncc1Br)C1CCCC1.CN(c1nc(Nc2ccc(N3CCNCC3)cc2)ncc1Br)C1CCCC1.Clc1ncc(Br)c(NC2CCCC2)n1.Nc1ccc(N2CCCCC2)cc1. The number of nitrogens with zero attached hydrogens (tertiary/aromatic N) is 14. The maximum Gasteiger partial charge on any atom is 0.229 e. The van der Waals surface area contributed by atoms with E-state index in [9.17, 15) is 0 Å². The molecule has 0 bridgehead atoms. The summed E-state index contributed by atoms with van der Waals surface area (Å²) in [6, 6.07) is 27.6. The van der Waals surface area contributed by atoms with Gasteiger partial charge in [0.2, 0.25) is 22.5 Å². The van der Waals surface area contributed by atoms with Crippen molar-refractivity contribution in [2.24, 2.45) is 0 Å². The molecular formula is C71H95Br4Cl2N19. The van der Waals surface area contributed by atoms with Crippen molar-refractivity contribution in [2.45, 2.75) is 165 Å². The minimum Gasteiger partial charge on any atom is -0.399 e. The number of rotatable bonds is 15. The molecule has 0 atom stereocenters. The van der Waals surface area contributed by atoms with Crippen molar-refractivity contribution in [1.82, 2.24) is 45.2 Å². The fourth-order valence-corrected chi connectivity index (χ4v) is 15.7. The first-order chi connectivity index (χ1) is 46.7. The minimum absolute atomic E-state index is 0.286. The topological polar surface area (TPSA) is 197 Å². The van der Waals surface area contributed by atoms with E-state index in [4.69, 9.17) is 38.9 Å². The van der Waals surface area contributed by atoms with E-state index in [0.717, 1.165) is 84.4 Å². The molecule has 96 heavy (non-hydrogen) atoms. The Hall–Kier alpha value is -5.56. The van der Waals surface area contributed by atoms with Gasteiger partial charge in [-0.15, -0.1) is 0 Å². The van der Waals surface area contributed by atoms with Crippen molar-refractivity contribution < 1.29 is 0 Å². The number of halogens is 6. The number of anilines is 12. The zero-order valence-electron chi connectivity index (χ0n) is 55.9. The summed E-state index contributed by atoms with van der Waals surface area (Å²) in [6.45, 7) is 8.93. The molecule has 516 valence electrons. The van der Waals surface area contributed by atoms with Gasteiger partial charge >= 0.3 is 0 Å². The number of aromatic nitrogens is 8. The Bertz CT molecular complexity index is 3340. The van der Waals surface area contributed by atoms with E-state index >= 15 is 0 Å². The van der Waals surface area contributed by atoms with Crippen LogP contribution in [-0.2, 0) is 0 Å². The molecule has 0 amide bonds. The molecule has 4 aliphatic carbocycles. The molecule has 19 nitrogen and oxygen atoms in total. The third kappa shape index (κ3) is 21.7. The molecular weight excluding hydrogens is 1510 g/mol. The highest BCUT2D eigenvalue weighted by molar-refractivity contribution is 9.11. The fraction of sp³-hybridized carbons (Fsp3) is 0.521. The summed E-state index contributed by atoms with van der Waals surface area (Å²) < 4.78 is 3.66. The number of hydrogen-bond donors (Lipinski definition) is 5. The lowest BCUT2D eigenvalue weighted by atomic mass is 10.1. The van der Waals surface area contributed by atoms with Crippen LogP contribution in [-0.4, -0.2) is 138 Å². The number of piperidine rings is 2. The van der Waals surface area contributed by atoms with Crippen LogP contribution < -0.4 is 56.4 Å². The van der Waals surface area contributed by atoms with E-state index in [-0.39, 0.29) is 5.28 Å². The molecule has 3 aromatic carbocycles. The van der Waals surface area contributed by atoms with Gasteiger partial charge in [-0.05, 0) is 250 Å². The first kappa shape index (κ1) is 73.2. The zero-order chi connectivity index (χ0) is 67.2. The predicted octanol–water partition coefficient (Wildman–Crippen LogP) is 17.9. The molecule has 7 aliphatic rings. The number of nitrogens with two attached hydrogens (primary N) is 1. The van der Waals surface area contributed by atoms with Crippen molar-refractivity contribution in [3.63, 3.8) is 0 Å². The molecule has 6 N–H and O–H groups in total. The first-order valence-electron chi connectivity index (χ1n) is 34.6. The molecule has 7 fully saturated rings.